The van der Waals surface area contributed by atoms with Crippen LogP contribution in [-0.4, -0.2) is 11.6 Å². The van der Waals surface area contributed by atoms with Gasteiger partial charge in [-0.25, -0.2) is 0 Å². The van der Waals surface area contributed by atoms with Crippen molar-refractivity contribution >= 4 is 86.7 Å². The van der Waals surface area contributed by atoms with E-state index < -0.39 is 0 Å². The molecule has 0 aliphatic heterocycles. The molecule has 2 aliphatic rings. The van der Waals surface area contributed by atoms with E-state index >= 15 is 0 Å². The molecule has 44 heavy (non-hydrogen) atoms. The molecule has 0 radical (unpaired) electrons. The van der Waals surface area contributed by atoms with Crippen LogP contribution in [0.25, 0.3) is 11.1 Å². The van der Waals surface area contributed by atoms with Crippen molar-refractivity contribution in [3.8, 4) is 11.1 Å². The van der Waals surface area contributed by atoms with Gasteiger partial charge in [0, 0.05) is 51.3 Å². The maximum Gasteiger partial charge on any atom is 0.184 e. The first-order valence-corrected chi connectivity index (χ1v) is 16.8. The van der Waals surface area contributed by atoms with Crippen molar-refractivity contribution in [1.82, 2.24) is 0 Å². The molecule has 0 heterocycles. The van der Waals surface area contributed by atoms with Crippen molar-refractivity contribution in [2.75, 3.05) is 0 Å². The molecule has 0 bridgehead atoms. The molecule has 0 spiro atoms. The first-order valence-electron chi connectivity index (χ1n) is 13.7. The lowest BCUT2D eigenvalue weighted by atomic mass is 9.84. The summed E-state index contributed by atoms with van der Waals surface area (Å²) in [4.78, 5) is 24.8. The molecular formula is C34H30Br4N4O2. The van der Waals surface area contributed by atoms with Gasteiger partial charge in [-0.15, -0.1) is 10.2 Å². The average Bonchev–Trinajstić information content (AvgIpc) is 2.99. The molecule has 4 rings (SSSR count). The quantitative estimate of drug-likeness (QED) is 0.281. The fraction of sp³-hybridized carbons (Fsp3) is 0.235. The second-order valence-electron chi connectivity index (χ2n) is 10.7. The number of allylic oxidation sites excluding steroid dienone is 10. The summed E-state index contributed by atoms with van der Waals surface area (Å²) < 4.78 is 3.20. The number of hydrogen-bond acceptors (Lipinski definition) is 6. The van der Waals surface area contributed by atoms with E-state index in [0.717, 1.165) is 84.7 Å². The Balaban J connectivity index is 1.62. The number of halogens is 4. The summed E-state index contributed by atoms with van der Waals surface area (Å²) in [5.41, 5.74) is 11.6. The number of carbonyl (C=O) groups is 2. The number of rotatable bonds is 5. The Kier molecular flexibility index (Phi) is 10.7. The summed E-state index contributed by atoms with van der Waals surface area (Å²) in [6.07, 6.45) is 3.42. The topological polar surface area (TPSA) is 83.6 Å². The van der Waals surface area contributed by atoms with Gasteiger partial charge in [-0.2, -0.15) is 10.2 Å². The number of azo groups is 2. The lowest BCUT2D eigenvalue weighted by Gasteiger charge is -2.19. The zero-order valence-electron chi connectivity index (χ0n) is 25.6. The van der Waals surface area contributed by atoms with E-state index in [0.29, 0.717) is 11.4 Å². The SMILES string of the molecule is CC1=C(C)C(=CN=Nc2cc(Br)c(-c3cc(Br)c(N=NC=C4C(C)=C(C)C(=O)C(C)=C4C)cc3Br)cc2Br)C(C)=C(C)C1=O. The van der Waals surface area contributed by atoms with Crippen LogP contribution in [0.2, 0.25) is 0 Å². The van der Waals surface area contributed by atoms with Crippen LogP contribution in [0.3, 0.4) is 0 Å². The first-order chi connectivity index (χ1) is 20.6. The van der Waals surface area contributed by atoms with Crippen molar-refractivity contribution in [1.29, 1.82) is 0 Å². The number of carbonyl (C=O) groups excluding carboxylic acids is 2. The number of nitrogens with zero attached hydrogens (tertiary/aromatic N) is 4. The van der Waals surface area contributed by atoms with E-state index in [2.05, 4.69) is 84.2 Å². The zero-order chi connectivity index (χ0) is 32.6. The summed E-state index contributed by atoms with van der Waals surface area (Å²) in [5.74, 6) is 0.150. The Bertz CT molecular complexity index is 1710. The molecule has 0 atom stereocenters. The van der Waals surface area contributed by atoms with Gasteiger partial charge in [0.1, 0.15) is 11.4 Å². The van der Waals surface area contributed by atoms with E-state index in [4.69, 9.17) is 0 Å². The minimum Gasteiger partial charge on any atom is -0.289 e. The van der Waals surface area contributed by atoms with Crippen LogP contribution in [0.15, 0.2) is 131 Å². The second kappa shape index (κ2) is 13.8. The zero-order valence-corrected chi connectivity index (χ0v) is 31.9. The van der Waals surface area contributed by atoms with E-state index in [1.54, 1.807) is 12.4 Å². The standard InChI is InChI=1S/C34H30Br4N4O2/c1-15-19(5)33(43)20(6)16(2)25(15)13-39-41-31-11-27(35)23(9-29(31)37)24-10-30(38)32(12-28(24)36)42-40-14-26-17(3)21(7)34(44)22(8)18(26)4/h9-14H,1-8H3. The Labute approximate surface area is 291 Å². The highest BCUT2D eigenvalue weighted by Gasteiger charge is 2.23. The minimum atomic E-state index is 0.0749. The molecule has 2 aliphatic carbocycles. The van der Waals surface area contributed by atoms with Gasteiger partial charge in [0.15, 0.2) is 11.6 Å². The fourth-order valence-electron chi connectivity index (χ4n) is 4.94. The maximum absolute atomic E-state index is 12.4. The number of hydrogen-bond donors (Lipinski definition) is 0. The molecule has 0 N–H and O–H groups in total. The van der Waals surface area contributed by atoms with Gasteiger partial charge in [0.2, 0.25) is 0 Å². The van der Waals surface area contributed by atoms with Crippen molar-refractivity contribution in [3.63, 3.8) is 0 Å². The first kappa shape index (κ1) is 34.2. The molecule has 0 saturated carbocycles. The minimum absolute atomic E-state index is 0.0749. The van der Waals surface area contributed by atoms with Crippen LogP contribution in [0.5, 0.6) is 0 Å². The third-order valence-corrected chi connectivity index (χ3v) is 10.9. The van der Waals surface area contributed by atoms with Crippen LogP contribution in [0, 0.1) is 0 Å². The van der Waals surface area contributed by atoms with Gasteiger partial charge in [-0.1, -0.05) is 31.9 Å². The van der Waals surface area contributed by atoms with Crippen LogP contribution in [0.4, 0.5) is 11.4 Å². The molecule has 0 fully saturated rings. The third-order valence-electron chi connectivity index (χ3n) is 8.30. The lowest BCUT2D eigenvalue weighted by molar-refractivity contribution is -0.113. The summed E-state index contributed by atoms with van der Waals surface area (Å²) in [5, 5.41) is 17.6. The lowest BCUT2D eigenvalue weighted by Crippen LogP contribution is -2.13. The normalized spacial score (nSPS) is 16.5. The van der Waals surface area contributed by atoms with Crippen LogP contribution >= 0.6 is 63.7 Å². The van der Waals surface area contributed by atoms with Crippen molar-refractivity contribution in [2.24, 2.45) is 20.5 Å². The molecule has 0 unspecified atom stereocenters. The Hall–Kier alpha value is -2.66. The predicted octanol–water partition coefficient (Wildman–Crippen LogP) is 12.8. The van der Waals surface area contributed by atoms with Crippen LogP contribution in [0.1, 0.15) is 55.4 Å². The molecule has 226 valence electrons. The molecule has 2 aromatic carbocycles. The number of Topliss-reactive ketones (excluding diaryl/α,β-unsaturated/α-hetero) is 2. The van der Waals surface area contributed by atoms with Gasteiger partial charge in [-0.05, 0) is 145 Å². The maximum atomic E-state index is 12.4. The van der Waals surface area contributed by atoms with Crippen molar-refractivity contribution in [2.45, 2.75) is 55.4 Å². The van der Waals surface area contributed by atoms with Gasteiger partial charge in [0.25, 0.3) is 0 Å². The summed E-state index contributed by atoms with van der Waals surface area (Å²) in [6, 6.07) is 7.76. The van der Waals surface area contributed by atoms with Gasteiger partial charge in [-0.3, -0.25) is 9.59 Å². The molecule has 2 aromatic rings. The Morgan fingerprint density at radius 1 is 0.455 bits per heavy atom. The third kappa shape index (κ3) is 6.64. The highest BCUT2D eigenvalue weighted by Crippen LogP contribution is 2.43. The monoisotopic (exact) mass is 842 g/mol. The smallest absolute Gasteiger partial charge is 0.184 e. The van der Waals surface area contributed by atoms with Gasteiger partial charge in [0.05, 0.1) is 12.4 Å². The fourth-order valence-corrected chi connectivity index (χ4v) is 6.87. The van der Waals surface area contributed by atoms with Crippen LogP contribution in [-0.2, 0) is 9.59 Å². The van der Waals surface area contributed by atoms with Gasteiger partial charge >= 0.3 is 0 Å². The van der Waals surface area contributed by atoms with E-state index in [-0.39, 0.29) is 11.6 Å². The van der Waals surface area contributed by atoms with E-state index in [1.807, 2.05) is 79.7 Å². The number of benzene rings is 2. The van der Waals surface area contributed by atoms with Crippen molar-refractivity contribution in [3.05, 3.63) is 110 Å². The summed E-state index contributed by atoms with van der Waals surface area (Å²) >= 11 is 14.7. The molecule has 0 amide bonds. The second-order valence-corrected chi connectivity index (χ2v) is 14.2. The molecule has 0 saturated heterocycles. The highest BCUT2D eigenvalue weighted by atomic mass is 79.9. The highest BCUT2D eigenvalue weighted by molar-refractivity contribution is 9.11. The summed E-state index contributed by atoms with van der Waals surface area (Å²) in [6.45, 7) is 15.1. The van der Waals surface area contributed by atoms with Crippen LogP contribution < -0.4 is 0 Å². The van der Waals surface area contributed by atoms with Crippen molar-refractivity contribution < 1.29 is 9.59 Å². The predicted molar refractivity (Wildman–Crippen MR) is 191 cm³/mol. The van der Waals surface area contributed by atoms with E-state index in [9.17, 15) is 9.59 Å². The molecule has 0 aromatic heterocycles. The van der Waals surface area contributed by atoms with Gasteiger partial charge < -0.3 is 0 Å². The number of ketones is 2. The molecule has 10 heteroatoms. The molecule has 6 nitrogen and oxygen atoms in total. The molecular weight excluding hydrogens is 816 g/mol. The van der Waals surface area contributed by atoms with E-state index in [1.165, 1.54) is 0 Å². The largest absolute Gasteiger partial charge is 0.289 e. The summed E-state index contributed by atoms with van der Waals surface area (Å²) in [7, 11) is 0. The Morgan fingerprint density at radius 2 is 0.750 bits per heavy atom. The average molecular weight is 846 g/mol. The Morgan fingerprint density at radius 3 is 1.05 bits per heavy atom.